The molecule has 3 heteroatoms. The zero-order valence-corrected chi connectivity index (χ0v) is 15.0. The van der Waals surface area contributed by atoms with Crippen molar-refractivity contribution in [2.45, 2.75) is 40.0 Å². The lowest BCUT2D eigenvalue weighted by molar-refractivity contribution is 0.460. The second kappa shape index (κ2) is 6.26. The van der Waals surface area contributed by atoms with E-state index in [0.717, 1.165) is 26.7 Å². The van der Waals surface area contributed by atoms with Crippen molar-refractivity contribution in [1.82, 2.24) is 0 Å². The first kappa shape index (κ1) is 16.1. The molecule has 0 unspecified atom stereocenters. The van der Waals surface area contributed by atoms with Crippen LogP contribution < -0.4 is 0 Å². The zero-order valence-electron chi connectivity index (χ0n) is 12.9. The second-order valence-electron chi connectivity index (χ2n) is 5.91. The predicted octanol–water partition coefficient (Wildman–Crippen LogP) is 5.03. The van der Waals surface area contributed by atoms with Gasteiger partial charge in [0.2, 0.25) is 0 Å². The Morgan fingerprint density at radius 2 is 1.57 bits per heavy atom. The van der Waals surface area contributed by atoms with Crippen LogP contribution in [0.3, 0.4) is 0 Å². The average molecular weight is 396 g/mol. The van der Waals surface area contributed by atoms with E-state index < -0.39 is 0 Å². The van der Waals surface area contributed by atoms with E-state index in [1.165, 1.54) is 11.1 Å². The molecule has 2 N–H and O–H groups in total. The van der Waals surface area contributed by atoms with Crippen LogP contribution in [0.1, 0.15) is 47.6 Å². The molecule has 0 aliphatic rings. The van der Waals surface area contributed by atoms with Crippen molar-refractivity contribution in [2.75, 3.05) is 0 Å². The summed E-state index contributed by atoms with van der Waals surface area (Å²) in [5.41, 5.74) is 5.62. The van der Waals surface area contributed by atoms with Crippen LogP contribution in [0.4, 0.5) is 0 Å². The minimum atomic E-state index is 0.292. The molecule has 2 aromatic rings. The smallest absolute Gasteiger partial charge is 0.132 e. The summed E-state index contributed by atoms with van der Waals surface area (Å²) in [6, 6.07) is 7.73. The highest BCUT2D eigenvalue weighted by molar-refractivity contribution is 14.1. The van der Waals surface area contributed by atoms with E-state index in [1.54, 1.807) is 12.1 Å². The molecule has 0 bridgehead atoms. The first-order chi connectivity index (χ1) is 9.79. The van der Waals surface area contributed by atoms with Crippen molar-refractivity contribution in [3.63, 3.8) is 0 Å². The Bertz CT molecular complexity index is 652. The van der Waals surface area contributed by atoms with E-state index in [1.807, 2.05) is 19.9 Å². The zero-order chi connectivity index (χ0) is 15.7. The maximum absolute atomic E-state index is 10.2. The first-order valence-corrected chi connectivity index (χ1v) is 8.17. The SMILES string of the molecule is Cc1cc(O)cc(C)c1Cc1cc(I)c(O)c(C(C)C)c1. The summed E-state index contributed by atoms with van der Waals surface area (Å²) >= 11 is 2.18. The topological polar surface area (TPSA) is 40.5 Å². The van der Waals surface area contributed by atoms with E-state index in [2.05, 4.69) is 42.5 Å². The summed E-state index contributed by atoms with van der Waals surface area (Å²) in [4.78, 5) is 0. The molecule has 0 radical (unpaired) electrons. The highest BCUT2D eigenvalue weighted by Gasteiger charge is 2.13. The van der Waals surface area contributed by atoms with Crippen LogP contribution in [0.2, 0.25) is 0 Å². The molecule has 0 aliphatic heterocycles. The molecule has 0 aromatic heterocycles. The van der Waals surface area contributed by atoms with Crippen LogP contribution in [0.25, 0.3) is 0 Å². The van der Waals surface area contributed by atoms with Gasteiger partial charge in [0, 0.05) is 0 Å². The number of rotatable bonds is 3. The summed E-state index contributed by atoms with van der Waals surface area (Å²) in [7, 11) is 0. The minimum Gasteiger partial charge on any atom is -0.508 e. The van der Waals surface area contributed by atoms with Gasteiger partial charge >= 0.3 is 0 Å². The molecule has 2 rings (SSSR count). The lowest BCUT2D eigenvalue weighted by atomic mass is 9.93. The molecule has 0 aliphatic carbocycles. The number of hydrogen-bond acceptors (Lipinski definition) is 2. The van der Waals surface area contributed by atoms with E-state index in [4.69, 9.17) is 0 Å². The molecule has 0 atom stereocenters. The number of hydrogen-bond donors (Lipinski definition) is 2. The predicted molar refractivity (Wildman–Crippen MR) is 95.3 cm³/mol. The Balaban J connectivity index is 2.45. The number of halogens is 1. The molecule has 0 heterocycles. The number of phenolic OH excluding ortho intramolecular Hbond substituents is 2. The van der Waals surface area contributed by atoms with Gasteiger partial charge in [-0.05, 0) is 94.8 Å². The summed E-state index contributed by atoms with van der Waals surface area (Å²) in [6.07, 6.45) is 0.813. The van der Waals surface area contributed by atoms with Crippen LogP contribution in [0.5, 0.6) is 11.5 Å². The maximum Gasteiger partial charge on any atom is 0.132 e. The second-order valence-corrected chi connectivity index (χ2v) is 7.07. The highest BCUT2D eigenvalue weighted by atomic mass is 127. The summed E-state index contributed by atoms with van der Waals surface area (Å²) in [5, 5.41) is 19.8. The van der Waals surface area contributed by atoms with Gasteiger partial charge in [-0.2, -0.15) is 0 Å². The van der Waals surface area contributed by atoms with Crippen LogP contribution in [-0.4, -0.2) is 10.2 Å². The van der Waals surface area contributed by atoms with E-state index in [9.17, 15) is 10.2 Å². The van der Waals surface area contributed by atoms with Crippen molar-refractivity contribution in [2.24, 2.45) is 0 Å². The molecule has 0 amide bonds. The molecule has 0 fully saturated rings. The quantitative estimate of drug-likeness (QED) is 0.715. The lowest BCUT2D eigenvalue weighted by Crippen LogP contribution is -1.99. The number of phenols is 2. The third-order valence-corrected chi connectivity index (χ3v) is 4.66. The fourth-order valence-corrected chi connectivity index (χ4v) is 3.39. The molecular weight excluding hydrogens is 375 g/mol. The Hall–Kier alpha value is -1.23. The van der Waals surface area contributed by atoms with E-state index in [0.29, 0.717) is 17.4 Å². The fourth-order valence-electron chi connectivity index (χ4n) is 2.67. The molecule has 21 heavy (non-hydrogen) atoms. The Kier molecular flexibility index (Phi) is 4.81. The van der Waals surface area contributed by atoms with Crippen LogP contribution >= 0.6 is 22.6 Å². The number of aromatic hydroxyl groups is 2. The van der Waals surface area contributed by atoms with Gasteiger partial charge in [0.25, 0.3) is 0 Å². The summed E-state index contributed by atoms with van der Waals surface area (Å²) < 4.78 is 0.892. The molecular formula is C18H21IO2. The van der Waals surface area contributed by atoms with Gasteiger partial charge in [-0.15, -0.1) is 0 Å². The fraction of sp³-hybridized carbons (Fsp3) is 0.333. The van der Waals surface area contributed by atoms with Gasteiger partial charge in [-0.3, -0.25) is 0 Å². The Morgan fingerprint density at radius 1 is 1.00 bits per heavy atom. The first-order valence-electron chi connectivity index (χ1n) is 7.10. The number of benzene rings is 2. The summed E-state index contributed by atoms with van der Waals surface area (Å²) in [6.45, 7) is 8.23. The molecule has 0 spiro atoms. The molecule has 2 nitrogen and oxygen atoms in total. The Morgan fingerprint density at radius 3 is 2.10 bits per heavy atom. The van der Waals surface area contributed by atoms with Crippen LogP contribution in [0, 0.1) is 17.4 Å². The van der Waals surface area contributed by atoms with Gasteiger partial charge in [0.05, 0.1) is 3.57 Å². The minimum absolute atomic E-state index is 0.292. The van der Waals surface area contributed by atoms with Crippen molar-refractivity contribution >= 4 is 22.6 Å². The Labute approximate surface area is 140 Å². The van der Waals surface area contributed by atoms with Crippen molar-refractivity contribution < 1.29 is 10.2 Å². The molecule has 0 saturated heterocycles. The largest absolute Gasteiger partial charge is 0.508 e. The van der Waals surface area contributed by atoms with Gasteiger partial charge in [0.15, 0.2) is 0 Å². The van der Waals surface area contributed by atoms with Crippen LogP contribution in [0.15, 0.2) is 24.3 Å². The molecule has 0 saturated carbocycles. The van der Waals surface area contributed by atoms with E-state index >= 15 is 0 Å². The van der Waals surface area contributed by atoms with Crippen LogP contribution in [-0.2, 0) is 6.42 Å². The number of aryl methyl sites for hydroxylation is 2. The third kappa shape index (κ3) is 3.51. The highest BCUT2D eigenvalue weighted by Crippen LogP contribution is 2.33. The molecule has 2 aromatic carbocycles. The normalized spacial score (nSPS) is 11.1. The molecule has 112 valence electrons. The van der Waals surface area contributed by atoms with Gasteiger partial charge in [-0.1, -0.05) is 19.9 Å². The van der Waals surface area contributed by atoms with Gasteiger partial charge in [-0.25, -0.2) is 0 Å². The van der Waals surface area contributed by atoms with Crippen molar-refractivity contribution in [1.29, 1.82) is 0 Å². The monoisotopic (exact) mass is 396 g/mol. The summed E-state index contributed by atoms with van der Waals surface area (Å²) in [5.74, 6) is 1.01. The van der Waals surface area contributed by atoms with Crippen molar-refractivity contribution in [3.05, 3.63) is 55.7 Å². The van der Waals surface area contributed by atoms with Gasteiger partial charge in [0.1, 0.15) is 11.5 Å². The maximum atomic E-state index is 10.2. The standard InChI is InChI=1S/C18H21IO2/c1-10(2)15-7-13(9-17(19)18(15)21)8-16-11(3)5-14(20)6-12(16)4/h5-7,9-10,20-21H,8H2,1-4H3. The lowest BCUT2D eigenvalue weighted by Gasteiger charge is -2.15. The average Bonchev–Trinajstić information content (AvgIpc) is 2.37. The van der Waals surface area contributed by atoms with Gasteiger partial charge < -0.3 is 10.2 Å². The van der Waals surface area contributed by atoms with Crippen molar-refractivity contribution in [3.8, 4) is 11.5 Å². The van der Waals surface area contributed by atoms with E-state index in [-0.39, 0.29) is 0 Å². The third-order valence-electron chi connectivity index (χ3n) is 3.84.